The largest absolute Gasteiger partial charge is 0.445 e. The van der Waals surface area contributed by atoms with Crippen LogP contribution >= 0.6 is 0 Å². The first-order chi connectivity index (χ1) is 21.6. The Morgan fingerprint density at radius 3 is 2.36 bits per heavy atom. The van der Waals surface area contributed by atoms with E-state index in [1.165, 1.54) is 0 Å². The molecule has 1 saturated heterocycles. The third-order valence-electron chi connectivity index (χ3n) is 7.77. The van der Waals surface area contributed by atoms with E-state index in [0.29, 0.717) is 30.9 Å². The van der Waals surface area contributed by atoms with Crippen molar-refractivity contribution >= 4 is 34.6 Å². The molecule has 10 nitrogen and oxygen atoms in total. The monoisotopic (exact) mass is 615 g/mol. The third-order valence-corrected chi connectivity index (χ3v) is 7.77. The van der Waals surface area contributed by atoms with Crippen molar-refractivity contribution in [1.29, 1.82) is 0 Å². The highest BCUT2D eigenvalue weighted by molar-refractivity contribution is 5.98. The highest BCUT2D eigenvalue weighted by Gasteiger charge is 2.33. The van der Waals surface area contributed by atoms with Crippen molar-refractivity contribution in [2.24, 2.45) is 17.8 Å². The summed E-state index contributed by atoms with van der Waals surface area (Å²) in [5.74, 6) is -0.610. The van der Waals surface area contributed by atoms with Crippen LogP contribution in [-0.4, -0.2) is 71.8 Å². The van der Waals surface area contributed by atoms with Gasteiger partial charge in [0.15, 0.2) is 5.78 Å². The van der Waals surface area contributed by atoms with Crippen LogP contribution in [0.25, 0.3) is 10.9 Å². The van der Waals surface area contributed by atoms with Crippen LogP contribution in [0.4, 0.5) is 4.79 Å². The molecule has 3 atom stereocenters. The number of likely N-dealkylation sites (tertiary alicyclic amines) is 1. The molecule has 1 unspecified atom stereocenters. The lowest BCUT2D eigenvalue weighted by atomic mass is 10.0. The summed E-state index contributed by atoms with van der Waals surface area (Å²) in [6.45, 7) is 9.71. The number of benzene rings is 2. The summed E-state index contributed by atoms with van der Waals surface area (Å²) in [5.41, 5.74) is 1.85. The Morgan fingerprint density at radius 1 is 0.911 bits per heavy atom. The van der Waals surface area contributed by atoms with Crippen molar-refractivity contribution < 1.29 is 23.9 Å². The van der Waals surface area contributed by atoms with Gasteiger partial charge in [0, 0.05) is 37.0 Å². The molecule has 1 aliphatic rings. The van der Waals surface area contributed by atoms with E-state index < -0.39 is 18.0 Å². The summed E-state index contributed by atoms with van der Waals surface area (Å²) in [5, 5.41) is 9.65. The molecule has 2 aromatic carbocycles. The van der Waals surface area contributed by atoms with Crippen LogP contribution in [0.2, 0.25) is 0 Å². The van der Waals surface area contributed by atoms with Crippen LogP contribution in [0.3, 0.4) is 0 Å². The maximum absolute atomic E-state index is 13.3. The topological polar surface area (TPSA) is 130 Å². The molecule has 1 aromatic heterocycles. The minimum atomic E-state index is -0.764. The highest BCUT2D eigenvalue weighted by Crippen LogP contribution is 2.16. The standard InChI is InChI=1S/C35H45N5O5/c1-23(2)16-28(37-35(44)45-22-25-10-6-5-7-11-25)20-40-19-27(32(41)21-40)18-36-33(42)31(17-24(3)4)39-34(43)30-15-14-26-12-8-9-13-29(26)38-30/h5-15,23-24,27-28,31H,16-22H2,1-4H3,(H,36,42)(H,37,44)(H,39,43)/t27?,28-,31+/m1/s1. The van der Waals surface area contributed by atoms with Gasteiger partial charge in [0.25, 0.3) is 5.91 Å². The molecule has 1 fully saturated rings. The van der Waals surface area contributed by atoms with Crippen molar-refractivity contribution in [1.82, 2.24) is 25.8 Å². The van der Waals surface area contributed by atoms with Crippen LogP contribution in [-0.2, 0) is 20.9 Å². The number of carbonyl (C=O) groups is 4. The molecule has 0 radical (unpaired) electrons. The zero-order valence-electron chi connectivity index (χ0n) is 26.6. The molecule has 4 rings (SSSR count). The fourth-order valence-corrected chi connectivity index (χ4v) is 5.61. The number of alkyl carbamates (subject to hydrolysis) is 1. The number of hydrogen-bond donors (Lipinski definition) is 3. The van der Waals surface area contributed by atoms with Crippen molar-refractivity contribution in [2.75, 3.05) is 26.2 Å². The second-order valence-corrected chi connectivity index (χ2v) is 12.7. The molecule has 3 N–H and O–H groups in total. The van der Waals surface area contributed by atoms with Crippen LogP contribution in [0.15, 0.2) is 66.7 Å². The van der Waals surface area contributed by atoms with Crippen molar-refractivity contribution in [3.63, 3.8) is 0 Å². The molecule has 1 aliphatic heterocycles. The molecule has 2 heterocycles. The normalized spacial score (nSPS) is 16.5. The quantitative estimate of drug-likeness (QED) is 0.246. The minimum absolute atomic E-state index is 0.0371. The smallest absolute Gasteiger partial charge is 0.407 e. The average molecular weight is 616 g/mol. The molecule has 45 heavy (non-hydrogen) atoms. The van der Waals surface area contributed by atoms with E-state index in [1.54, 1.807) is 6.07 Å². The number of fused-ring (bicyclic) bond motifs is 1. The molecule has 0 saturated carbocycles. The fourth-order valence-electron chi connectivity index (χ4n) is 5.61. The number of carbonyl (C=O) groups excluding carboxylic acids is 4. The van der Waals surface area contributed by atoms with Crippen molar-refractivity contribution in [3.05, 3.63) is 78.0 Å². The summed E-state index contributed by atoms with van der Waals surface area (Å²) in [6, 6.07) is 19.6. The van der Waals surface area contributed by atoms with Gasteiger partial charge in [0.2, 0.25) is 5.91 Å². The summed E-state index contributed by atoms with van der Waals surface area (Å²) >= 11 is 0. The molecule has 0 spiro atoms. The number of pyridine rings is 1. The third kappa shape index (κ3) is 10.4. The molecule has 0 aliphatic carbocycles. The van der Waals surface area contributed by atoms with E-state index in [0.717, 1.165) is 17.4 Å². The Kier molecular flexibility index (Phi) is 12.0. The van der Waals surface area contributed by atoms with Gasteiger partial charge in [-0.05, 0) is 42.4 Å². The van der Waals surface area contributed by atoms with E-state index in [-0.39, 0.29) is 55.0 Å². The lowest BCUT2D eigenvalue weighted by molar-refractivity contribution is -0.124. The number of nitrogens with zero attached hydrogens (tertiary/aromatic N) is 2. The van der Waals surface area contributed by atoms with Gasteiger partial charge < -0.3 is 20.7 Å². The number of nitrogens with one attached hydrogen (secondary N) is 3. The number of ether oxygens (including phenoxy) is 1. The lowest BCUT2D eigenvalue weighted by Gasteiger charge is -2.25. The first-order valence-electron chi connectivity index (χ1n) is 15.7. The van der Waals surface area contributed by atoms with Gasteiger partial charge in [0.1, 0.15) is 18.3 Å². The maximum Gasteiger partial charge on any atom is 0.407 e. The zero-order chi connectivity index (χ0) is 32.3. The van der Waals surface area contributed by atoms with Gasteiger partial charge >= 0.3 is 6.09 Å². The van der Waals surface area contributed by atoms with Crippen molar-refractivity contribution in [2.45, 2.75) is 59.2 Å². The average Bonchev–Trinajstić information content (AvgIpc) is 3.36. The zero-order valence-corrected chi connectivity index (χ0v) is 26.6. The van der Waals surface area contributed by atoms with Gasteiger partial charge in [-0.25, -0.2) is 9.78 Å². The Morgan fingerprint density at radius 2 is 1.62 bits per heavy atom. The molecular formula is C35H45N5O5. The second-order valence-electron chi connectivity index (χ2n) is 12.7. The maximum atomic E-state index is 13.3. The van der Waals surface area contributed by atoms with E-state index in [9.17, 15) is 19.2 Å². The number of aromatic nitrogens is 1. The number of ketones is 1. The molecule has 3 amide bonds. The van der Waals surface area contributed by atoms with Crippen LogP contribution in [0.1, 0.15) is 56.6 Å². The fraction of sp³-hybridized carbons (Fsp3) is 0.457. The highest BCUT2D eigenvalue weighted by atomic mass is 16.5. The van der Waals surface area contributed by atoms with Crippen molar-refractivity contribution in [3.8, 4) is 0 Å². The van der Waals surface area contributed by atoms with E-state index >= 15 is 0 Å². The molecule has 0 bridgehead atoms. The number of hydrogen-bond acceptors (Lipinski definition) is 7. The van der Waals surface area contributed by atoms with Crippen LogP contribution in [0.5, 0.6) is 0 Å². The molecule has 3 aromatic rings. The van der Waals surface area contributed by atoms with Gasteiger partial charge in [-0.1, -0.05) is 82.3 Å². The Labute approximate surface area is 265 Å². The first-order valence-corrected chi connectivity index (χ1v) is 15.7. The van der Waals surface area contributed by atoms with E-state index in [4.69, 9.17) is 4.74 Å². The van der Waals surface area contributed by atoms with Gasteiger partial charge in [-0.3, -0.25) is 19.3 Å². The Balaban J connectivity index is 1.29. The Hall–Kier alpha value is -4.31. The predicted molar refractivity (Wildman–Crippen MR) is 173 cm³/mol. The summed E-state index contributed by atoms with van der Waals surface area (Å²) in [4.78, 5) is 58.2. The second kappa shape index (κ2) is 16.1. The molecular weight excluding hydrogens is 570 g/mol. The Bertz CT molecular complexity index is 1460. The summed E-state index contributed by atoms with van der Waals surface area (Å²) < 4.78 is 5.42. The van der Waals surface area contributed by atoms with Gasteiger partial charge in [-0.15, -0.1) is 0 Å². The van der Waals surface area contributed by atoms with Gasteiger partial charge in [-0.2, -0.15) is 0 Å². The molecule has 10 heteroatoms. The summed E-state index contributed by atoms with van der Waals surface area (Å²) in [7, 11) is 0. The molecule has 240 valence electrons. The predicted octanol–water partition coefficient (Wildman–Crippen LogP) is 4.34. The number of Topliss-reactive ketones (excluding diaryl/α,β-unsaturated/α-hetero) is 1. The minimum Gasteiger partial charge on any atom is -0.445 e. The SMILES string of the molecule is CC(C)C[C@H](CN1CC(=O)C(CNC(=O)[C@H](CC(C)C)NC(=O)c2ccc3ccccc3n2)C1)NC(=O)OCc1ccccc1. The number of amides is 3. The number of rotatable bonds is 14. The van der Waals surface area contributed by atoms with Gasteiger partial charge in [0.05, 0.1) is 12.1 Å². The van der Waals surface area contributed by atoms with Crippen LogP contribution in [0, 0.1) is 17.8 Å². The lowest BCUT2D eigenvalue weighted by Crippen LogP contribution is -2.49. The van der Waals surface area contributed by atoms with E-state index in [1.807, 2.05) is 79.4 Å². The number of para-hydroxylation sites is 1. The first kappa shape index (κ1) is 33.6. The summed E-state index contributed by atoms with van der Waals surface area (Å²) in [6.07, 6.45) is 0.685. The van der Waals surface area contributed by atoms with Crippen LogP contribution < -0.4 is 16.0 Å². The van der Waals surface area contributed by atoms with E-state index in [2.05, 4.69) is 34.8 Å².